The smallest absolute Gasteiger partial charge is 0.321 e. The number of aromatic nitrogens is 4. The molecule has 7 heteroatoms. The van der Waals surface area contributed by atoms with Gasteiger partial charge in [0.15, 0.2) is 11.2 Å². The molecule has 1 aliphatic heterocycles. The van der Waals surface area contributed by atoms with Gasteiger partial charge in [0.2, 0.25) is 0 Å². The molecule has 2 aromatic rings. The molecule has 0 aromatic carbocycles. The average molecular weight is 319 g/mol. The molecular weight excluding hydrogens is 294 g/mol. The first-order valence-electron chi connectivity index (χ1n) is 8.31. The second kappa shape index (κ2) is 5.96. The lowest BCUT2D eigenvalue weighted by atomic mass is 9.99. The molecule has 23 heavy (non-hydrogen) atoms. The van der Waals surface area contributed by atoms with Gasteiger partial charge < -0.3 is 4.57 Å². The first kappa shape index (κ1) is 16.0. The molecule has 3 rings (SSSR count). The third-order valence-corrected chi connectivity index (χ3v) is 4.98. The van der Waals surface area contributed by atoms with Crippen LogP contribution in [0.4, 0.5) is 0 Å². The van der Waals surface area contributed by atoms with Crippen molar-refractivity contribution in [3.05, 3.63) is 26.7 Å². The third-order valence-electron chi connectivity index (χ3n) is 4.98. The Balaban J connectivity index is 2.08. The van der Waals surface area contributed by atoms with Crippen LogP contribution in [-0.4, -0.2) is 36.7 Å². The minimum absolute atomic E-state index is 0.268. The molecular formula is C16H25N5O2. The van der Waals surface area contributed by atoms with E-state index in [1.165, 1.54) is 24.5 Å². The fourth-order valence-corrected chi connectivity index (χ4v) is 3.37. The normalized spacial score (nSPS) is 17.2. The van der Waals surface area contributed by atoms with Gasteiger partial charge in [-0.25, -0.2) is 9.78 Å². The quantitative estimate of drug-likeness (QED) is 0.835. The fourth-order valence-electron chi connectivity index (χ4n) is 3.37. The number of hydrogen-bond donors (Lipinski definition) is 0. The zero-order valence-electron chi connectivity index (χ0n) is 14.4. The van der Waals surface area contributed by atoms with E-state index >= 15 is 0 Å². The first-order valence-corrected chi connectivity index (χ1v) is 8.31. The summed E-state index contributed by atoms with van der Waals surface area (Å²) in [5.74, 6) is 1.65. The van der Waals surface area contributed by atoms with Crippen LogP contribution in [-0.2, 0) is 27.2 Å². The van der Waals surface area contributed by atoms with Crippen molar-refractivity contribution in [1.29, 1.82) is 0 Å². The summed E-state index contributed by atoms with van der Waals surface area (Å²) >= 11 is 0. The van der Waals surface area contributed by atoms with Crippen LogP contribution in [0, 0.1) is 5.92 Å². The lowest BCUT2D eigenvalue weighted by molar-refractivity contribution is 0.180. The largest absolute Gasteiger partial charge is 0.332 e. The van der Waals surface area contributed by atoms with Crippen LogP contribution in [0.2, 0.25) is 0 Å². The Labute approximate surface area is 135 Å². The van der Waals surface area contributed by atoms with Crippen molar-refractivity contribution in [1.82, 2.24) is 23.6 Å². The number of rotatable bonds is 3. The number of piperidine rings is 1. The summed E-state index contributed by atoms with van der Waals surface area (Å²) in [6.07, 6.45) is 2.40. The zero-order valence-corrected chi connectivity index (χ0v) is 14.4. The summed E-state index contributed by atoms with van der Waals surface area (Å²) in [7, 11) is 3.19. The molecule has 1 fully saturated rings. The second-order valence-corrected chi connectivity index (χ2v) is 6.61. The van der Waals surface area contributed by atoms with Crippen LogP contribution in [0.15, 0.2) is 9.59 Å². The van der Waals surface area contributed by atoms with E-state index in [1.807, 2.05) is 11.5 Å². The molecule has 1 saturated heterocycles. The Hall–Kier alpha value is -1.89. The molecule has 1 aliphatic rings. The maximum atomic E-state index is 12.5. The van der Waals surface area contributed by atoms with E-state index < -0.39 is 0 Å². The number of fused-ring (bicyclic) bond motifs is 1. The summed E-state index contributed by atoms with van der Waals surface area (Å²) in [5.41, 5.74) is 0.412. The summed E-state index contributed by atoms with van der Waals surface area (Å²) in [5, 5.41) is 0. The molecule has 0 aliphatic carbocycles. The number of aryl methyl sites for hydroxylation is 2. The van der Waals surface area contributed by atoms with Gasteiger partial charge in [-0.05, 0) is 38.8 Å². The molecule has 2 aromatic heterocycles. The maximum absolute atomic E-state index is 12.5. The van der Waals surface area contributed by atoms with Gasteiger partial charge in [-0.3, -0.25) is 18.8 Å². The van der Waals surface area contributed by atoms with Gasteiger partial charge in [-0.15, -0.1) is 0 Å². The first-order chi connectivity index (χ1) is 10.9. The average Bonchev–Trinajstić information content (AvgIpc) is 2.91. The third kappa shape index (κ3) is 2.63. The second-order valence-electron chi connectivity index (χ2n) is 6.61. The molecule has 0 N–H and O–H groups in total. The van der Waals surface area contributed by atoms with Crippen LogP contribution < -0.4 is 11.2 Å². The molecule has 7 nitrogen and oxygen atoms in total. The predicted molar refractivity (Wildman–Crippen MR) is 89.6 cm³/mol. The van der Waals surface area contributed by atoms with Gasteiger partial charge in [-0.1, -0.05) is 6.92 Å². The molecule has 3 heterocycles. The molecule has 0 atom stereocenters. The van der Waals surface area contributed by atoms with E-state index in [0.29, 0.717) is 17.7 Å². The van der Waals surface area contributed by atoms with E-state index in [1.54, 1.807) is 7.05 Å². The summed E-state index contributed by atoms with van der Waals surface area (Å²) in [6, 6.07) is 0. The van der Waals surface area contributed by atoms with Crippen molar-refractivity contribution in [3.8, 4) is 0 Å². The SMILES string of the molecule is CCn1c(CN2CCC(C)CC2)nc2c1c(=O)n(C)c(=O)n2C. The van der Waals surface area contributed by atoms with Gasteiger partial charge in [0.1, 0.15) is 5.82 Å². The van der Waals surface area contributed by atoms with Crippen molar-refractivity contribution in [2.45, 2.75) is 39.8 Å². The Morgan fingerprint density at radius 1 is 1.13 bits per heavy atom. The number of nitrogens with zero attached hydrogens (tertiary/aromatic N) is 5. The highest BCUT2D eigenvalue weighted by atomic mass is 16.2. The molecule has 0 unspecified atom stereocenters. The monoisotopic (exact) mass is 319 g/mol. The van der Waals surface area contributed by atoms with E-state index in [2.05, 4.69) is 16.8 Å². The van der Waals surface area contributed by atoms with E-state index in [9.17, 15) is 9.59 Å². The number of imidazole rings is 1. The van der Waals surface area contributed by atoms with E-state index in [-0.39, 0.29) is 11.2 Å². The number of likely N-dealkylation sites (tertiary alicyclic amines) is 1. The molecule has 0 radical (unpaired) electrons. The lowest BCUT2D eigenvalue weighted by Crippen LogP contribution is -2.37. The minimum atomic E-state index is -0.332. The highest BCUT2D eigenvalue weighted by Gasteiger charge is 2.21. The fraction of sp³-hybridized carbons (Fsp3) is 0.688. The highest BCUT2D eigenvalue weighted by Crippen LogP contribution is 2.19. The molecule has 0 amide bonds. The van der Waals surface area contributed by atoms with Crippen molar-refractivity contribution < 1.29 is 0 Å². The molecule has 0 spiro atoms. The highest BCUT2D eigenvalue weighted by molar-refractivity contribution is 5.71. The van der Waals surface area contributed by atoms with Crippen molar-refractivity contribution in [3.63, 3.8) is 0 Å². The van der Waals surface area contributed by atoms with Crippen LogP contribution in [0.5, 0.6) is 0 Å². The molecule has 0 bridgehead atoms. The van der Waals surface area contributed by atoms with Crippen LogP contribution in [0.3, 0.4) is 0 Å². The lowest BCUT2D eigenvalue weighted by Gasteiger charge is -2.29. The van der Waals surface area contributed by atoms with E-state index in [0.717, 1.165) is 35.9 Å². The Morgan fingerprint density at radius 3 is 2.39 bits per heavy atom. The molecule has 126 valence electrons. The van der Waals surface area contributed by atoms with Gasteiger partial charge in [-0.2, -0.15) is 0 Å². The predicted octanol–water partition coefficient (Wildman–Crippen LogP) is 0.686. The van der Waals surface area contributed by atoms with Gasteiger partial charge in [0.25, 0.3) is 5.56 Å². The van der Waals surface area contributed by atoms with Crippen molar-refractivity contribution >= 4 is 11.2 Å². The summed E-state index contributed by atoms with van der Waals surface area (Å²) in [4.78, 5) is 31.6. The molecule has 0 saturated carbocycles. The Bertz CT molecular complexity index is 837. The topological polar surface area (TPSA) is 65.1 Å². The van der Waals surface area contributed by atoms with E-state index in [4.69, 9.17) is 0 Å². The Kier molecular flexibility index (Phi) is 4.14. The van der Waals surface area contributed by atoms with Gasteiger partial charge in [0, 0.05) is 20.6 Å². The summed E-state index contributed by atoms with van der Waals surface area (Å²) in [6.45, 7) is 7.82. The van der Waals surface area contributed by atoms with Gasteiger partial charge in [0.05, 0.1) is 6.54 Å². The minimum Gasteiger partial charge on any atom is -0.321 e. The Morgan fingerprint density at radius 2 is 1.78 bits per heavy atom. The maximum Gasteiger partial charge on any atom is 0.332 e. The van der Waals surface area contributed by atoms with Gasteiger partial charge >= 0.3 is 5.69 Å². The number of hydrogen-bond acceptors (Lipinski definition) is 4. The van der Waals surface area contributed by atoms with Crippen LogP contribution in [0.25, 0.3) is 11.2 Å². The van der Waals surface area contributed by atoms with Crippen molar-refractivity contribution in [2.75, 3.05) is 13.1 Å². The van der Waals surface area contributed by atoms with Crippen LogP contribution >= 0.6 is 0 Å². The zero-order chi connectivity index (χ0) is 16.7. The standard InChI is InChI=1S/C16H25N5O2/c1-5-21-12(10-20-8-6-11(2)7-9-20)17-14-13(21)15(22)19(4)16(23)18(14)3/h11H,5-10H2,1-4H3. The summed E-state index contributed by atoms with van der Waals surface area (Å²) < 4.78 is 4.57. The van der Waals surface area contributed by atoms with Crippen LogP contribution in [0.1, 0.15) is 32.5 Å². The van der Waals surface area contributed by atoms with Crippen molar-refractivity contribution in [2.24, 2.45) is 20.0 Å².